The first-order chi connectivity index (χ1) is 14.4. The fourth-order valence-corrected chi connectivity index (χ4v) is 3.81. The van der Waals surface area contributed by atoms with Crippen molar-refractivity contribution < 1.29 is 18.7 Å². The van der Waals surface area contributed by atoms with Crippen molar-refractivity contribution in [1.82, 2.24) is 9.88 Å². The first-order valence-electron chi connectivity index (χ1n) is 9.62. The van der Waals surface area contributed by atoms with E-state index in [-0.39, 0.29) is 36.3 Å². The number of aliphatic imine (C=N–C) groups is 1. The number of ether oxygens (including phenoxy) is 1. The molecule has 3 N–H and O–H groups in total. The molecular formula is C21H22FN5O3. The molecule has 2 atom stereocenters. The van der Waals surface area contributed by atoms with Gasteiger partial charge in [-0.05, 0) is 36.2 Å². The lowest BCUT2D eigenvalue weighted by Crippen LogP contribution is -2.54. The summed E-state index contributed by atoms with van der Waals surface area (Å²) in [6.45, 7) is 2.13. The van der Waals surface area contributed by atoms with E-state index in [0.29, 0.717) is 5.69 Å². The van der Waals surface area contributed by atoms with Crippen LogP contribution in [0.4, 0.5) is 10.1 Å². The van der Waals surface area contributed by atoms with Crippen LogP contribution >= 0.6 is 0 Å². The molecule has 0 bridgehead atoms. The summed E-state index contributed by atoms with van der Waals surface area (Å²) in [5, 5.41) is 2.73. The highest BCUT2D eigenvalue weighted by molar-refractivity contribution is 6.03. The van der Waals surface area contributed by atoms with E-state index < -0.39 is 23.2 Å². The maximum Gasteiger partial charge on any atom is 0.274 e. The Morgan fingerprint density at radius 2 is 2.20 bits per heavy atom. The number of hydrogen-bond acceptors (Lipinski definition) is 6. The van der Waals surface area contributed by atoms with Crippen LogP contribution in [0.3, 0.4) is 0 Å². The Hall–Kier alpha value is -3.33. The molecule has 9 heteroatoms. The Morgan fingerprint density at radius 3 is 2.90 bits per heavy atom. The molecule has 0 saturated carbocycles. The fraction of sp³-hybridized carbons (Fsp3) is 0.333. The molecule has 4 rings (SSSR count). The molecule has 1 aromatic heterocycles. The van der Waals surface area contributed by atoms with E-state index in [1.165, 1.54) is 30.1 Å². The number of amides is 2. The van der Waals surface area contributed by atoms with Gasteiger partial charge >= 0.3 is 0 Å². The summed E-state index contributed by atoms with van der Waals surface area (Å²) in [4.78, 5) is 35.1. The van der Waals surface area contributed by atoms with Gasteiger partial charge in [0.1, 0.15) is 17.1 Å². The quantitative estimate of drug-likeness (QED) is 0.795. The third-order valence-corrected chi connectivity index (χ3v) is 5.63. The molecule has 3 heterocycles. The van der Waals surface area contributed by atoms with Gasteiger partial charge in [0, 0.05) is 24.5 Å². The van der Waals surface area contributed by atoms with Gasteiger partial charge in [-0.3, -0.25) is 19.5 Å². The third kappa shape index (κ3) is 3.21. The highest BCUT2D eigenvalue weighted by atomic mass is 19.1. The molecule has 2 amide bonds. The van der Waals surface area contributed by atoms with Crippen LogP contribution in [0.5, 0.6) is 0 Å². The number of anilines is 1. The van der Waals surface area contributed by atoms with E-state index in [4.69, 9.17) is 10.5 Å². The molecule has 2 aromatic rings. The summed E-state index contributed by atoms with van der Waals surface area (Å²) >= 11 is 0. The number of hydrogen-bond donors (Lipinski definition) is 2. The average Bonchev–Trinajstić information content (AvgIpc) is 3.18. The molecule has 8 nitrogen and oxygen atoms in total. The lowest BCUT2D eigenvalue weighted by atomic mass is 9.78. The van der Waals surface area contributed by atoms with Crippen molar-refractivity contribution in [3.63, 3.8) is 0 Å². The van der Waals surface area contributed by atoms with Gasteiger partial charge in [-0.1, -0.05) is 13.0 Å². The van der Waals surface area contributed by atoms with Crippen LogP contribution in [-0.4, -0.2) is 47.9 Å². The topological polar surface area (TPSA) is 110 Å². The summed E-state index contributed by atoms with van der Waals surface area (Å²) < 4.78 is 20.4. The van der Waals surface area contributed by atoms with Gasteiger partial charge in [0.2, 0.25) is 5.91 Å². The summed E-state index contributed by atoms with van der Waals surface area (Å²) in [7, 11) is 1.52. The zero-order valence-electron chi connectivity index (χ0n) is 16.7. The lowest BCUT2D eigenvalue weighted by Gasteiger charge is -2.37. The van der Waals surface area contributed by atoms with Crippen LogP contribution in [0.25, 0.3) is 0 Å². The summed E-state index contributed by atoms with van der Waals surface area (Å²) in [6, 6.07) is 7.63. The minimum absolute atomic E-state index is 0.00389. The van der Waals surface area contributed by atoms with Gasteiger partial charge in [-0.15, -0.1) is 0 Å². The largest absolute Gasteiger partial charge is 0.378 e. The van der Waals surface area contributed by atoms with Crippen molar-refractivity contribution in [2.45, 2.75) is 18.9 Å². The van der Waals surface area contributed by atoms with Crippen molar-refractivity contribution in [2.75, 3.05) is 25.6 Å². The van der Waals surface area contributed by atoms with Crippen molar-refractivity contribution in [1.29, 1.82) is 0 Å². The van der Waals surface area contributed by atoms with Crippen LogP contribution in [0.1, 0.15) is 28.5 Å². The van der Waals surface area contributed by atoms with Gasteiger partial charge in [0.15, 0.2) is 5.96 Å². The second kappa shape index (κ2) is 7.49. The molecule has 1 aromatic carbocycles. The summed E-state index contributed by atoms with van der Waals surface area (Å²) in [5.74, 6) is -1.96. The minimum atomic E-state index is -1.26. The van der Waals surface area contributed by atoms with E-state index in [2.05, 4.69) is 15.3 Å². The van der Waals surface area contributed by atoms with E-state index in [1.807, 2.05) is 13.0 Å². The zero-order chi connectivity index (χ0) is 21.5. The fourth-order valence-electron chi connectivity index (χ4n) is 3.81. The Morgan fingerprint density at radius 1 is 1.40 bits per heavy atom. The number of halogens is 1. The smallest absolute Gasteiger partial charge is 0.274 e. The van der Waals surface area contributed by atoms with Crippen molar-refractivity contribution >= 4 is 23.5 Å². The molecule has 156 valence electrons. The Balaban J connectivity index is 1.68. The SMILES string of the molecule is CCc1ccc(C(=O)Nc2ccc(F)c(C34COCC3C(=O)N(C)C(N)=N4)c2)nc1. The number of carbonyl (C=O) groups is 2. The highest BCUT2D eigenvalue weighted by Gasteiger charge is 2.54. The van der Waals surface area contributed by atoms with E-state index >= 15 is 0 Å². The predicted molar refractivity (Wildman–Crippen MR) is 108 cm³/mol. The minimum Gasteiger partial charge on any atom is -0.378 e. The number of rotatable bonds is 4. The number of nitrogens with two attached hydrogens (primary N) is 1. The van der Waals surface area contributed by atoms with Gasteiger partial charge < -0.3 is 15.8 Å². The Kier molecular flexibility index (Phi) is 4.98. The van der Waals surface area contributed by atoms with E-state index in [9.17, 15) is 14.0 Å². The number of nitrogens with zero attached hydrogens (tertiary/aromatic N) is 3. The normalized spacial score (nSPS) is 23.2. The molecule has 1 fully saturated rings. The van der Waals surface area contributed by atoms with Gasteiger partial charge in [0.05, 0.1) is 19.1 Å². The Labute approximate surface area is 172 Å². The number of aryl methyl sites for hydroxylation is 1. The lowest BCUT2D eigenvalue weighted by molar-refractivity contribution is -0.133. The average molecular weight is 411 g/mol. The molecule has 2 unspecified atom stereocenters. The zero-order valence-corrected chi connectivity index (χ0v) is 16.7. The molecule has 0 spiro atoms. The second-order valence-electron chi connectivity index (χ2n) is 7.41. The highest BCUT2D eigenvalue weighted by Crippen LogP contribution is 2.44. The van der Waals surface area contributed by atoms with Gasteiger partial charge in [-0.25, -0.2) is 9.38 Å². The van der Waals surface area contributed by atoms with Gasteiger partial charge in [-0.2, -0.15) is 0 Å². The first-order valence-corrected chi connectivity index (χ1v) is 9.62. The van der Waals surface area contributed by atoms with Gasteiger partial charge in [0.25, 0.3) is 5.91 Å². The van der Waals surface area contributed by atoms with Crippen LogP contribution in [0.15, 0.2) is 41.5 Å². The van der Waals surface area contributed by atoms with Crippen LogP contribution in [0.2, 0.25) is 0 Å². The summed E-state index contributed by atoms with van der Waals surface area (Å²) in [5.41, 5.74) is 6.43. The Bertz CT molecular complexity index is 1040. The number of nitrogens with one attached hydrogen (secondary N) is 1. The molecular weight excluding hydrogens is 389 g/mol. The molecule has 2 aliphatic rings. The number of guanidine groups is 1. The maximum atomic E-state index is 14.9. The van der Waals surface area contributed by atoms with Crippen LogP contribution in [-0.2, 0) is 21.5 Å². The number of fused-ring (bicyclic) bond motifs is 1. The number of benzene rings is 1. The van der Waals surface area contributed by atoms with E-state index in [0.717, 1.165) is 12.0 Å². The number of pyridine rings is 1. The molecule has 30 heavy (non-hydrogen) atoms. The number of aromatic nitrogens is 1. The second-order valence-corrected chi connectivity index (χ2v) is 7.41. The maximum absolute atomic E-state index is 14.9. The molecule has 1 saturated heterocycles. The monoisotopic (exact) mass is 411 g/mol. The predicted octanol–water partition coefficient (Wildman–Crippen LogP) is 1.66. The standard InChI is InChI=1S/C21H22FN5O3/c1-3-12-4-7-17(24-9-12)18(28)25-13-5-6-16(22)14(8-13)21-11-30-10-15(21)19(29)27(2)20(23)26-21/h4-9,15H,3,10-11H2,1-2H3,(H2,23,26)(H,25,28). The summed E-state index contributed by atoms with van der Waals surface area (Å²) in [6.07, 6.45) is 2.46. The number of carbonyl (C=O) groups excluding carboxylic acids is 2. The van der Waals surface area contributed by atoms with Crippen LogP contribution < -0.4 is 11.1 Å². The van der Waals surface area contributed by atoms with E-state index in [1.54, 1.807) is 12.3 Å². The molecule has 2 aliphatic heterocycles. The first kappa shape index (κ1) is 20.0. The van der Waals surface area contributed by atoms with Crippen molar-refractivity contribution in [2.24, 2.45) is 16.6 Å². The van der Waals surface area contributed by atoms with Crippen molar-refractivity contribution in [3.8, 4) is 0 Å². The molecule has 0 radical (unpaired) electrons. The van der Waals surface area contributed by atoms with Crippen molar-refractivity contribution in [3.05, 3.63) is 59.2 Å². The third-order valence-electron chi connectivity index (χ3n) is 5.63. The van der Waals surface area contributed by atoms with Crippen LogP contribution in [0, 0.1) is 11.7 Å². The molecule has 0 aliphatic carbocycles.